The van der Waals surface area contributed by atoms with Crippen LogP contribution in [0.15, 0.2) is 12.7 Å². The lowest BCUT2D eigenvalue weighted by atomic mass is 10.0. The fraction of sp³-hybridized carbons (Fsp3) is 0.769. The fourth-order valence-corrected chi connectivity index (χ4v) is 1.57. The van der Waals surface area contributed by atoms with Gasteiger partial charge >= 0.3 is 5.97 Å². The summed E-state index contributed by atoms with van der Waals surface area (Å²) < 4.78 is 4.75. The minimum Gasteiger partial charge on any atom is -0.468 e. The van der Waals surface area contributed by atoms with E-state index in [0.29, 0.717) is 0 Å². The molecule has 1 N–H and O–H groups in total. The van der Waals surface area contributed by atoms with E-state index in [4.69, 9.17) is 4.74 Å². The number of methoxy groups -OCH3 is 1. The van der Waals surface area contributed by atoms with Crippen molar-refractivity contribution in [3.8, 4) is 0 Å². The highest BCUT2D eigenvalue weighted by Gasteiger charge is 2.21. The number of esters is 1. The maximum atomic E-state index is 11.4. The van der Waals surface area contributed by atoms with Crippen LogP contribution in [0.2, 0.25) is 0 Å². The van der Waals surface area contributed by atoms with Gasteiger partial charge in [-0.05, 0) is 31.7 Å². The van der Waals surface area contributed by atoms with Crippen LogP contribution in [0.4, 0.5) is 0 Å². The number of carbonyl (C=O) groups is 1. The van der Waals surface area contributed by atoms with Crippen molar-refractivity contribution in [2.45, 2.75) is 45.6 Å². The van der Waals surface area contributed by atoms with Gasteiger partial charge in [0.25, 0.3) is 0 Å². The van der Waals surface area contributed by atoms with Gasteiger partial charge in [-0.1, -0.05) is 26.3 Å². The second kappa shape index (κ2) is 9.40. The first kappa shape index (κ1) is 15.2. The second-order valence-electron chi connectivity index (χ2n) is 4.34. The molecule has 0 bridgehead atoms. The molecule has 0 aliphatic rings. The van der Waals surface area contributed by atoms with Crippen molar-refractivity contribution in [2.75, 3.05) is 13.7 Å². The quantitative estimate of drug-likeness (QED) is 0.374. The van der Waals surface area contributed by atoms with Crippen LogP contribution in [0.5, 0.6) is 0 Å². The molecule has 0 amide bonds. The van der Waals surface area contributed by atoms with Gasteiger partial charge in [-0.3, -0.25) is 4.79 Å². The first-order valence-electron chi connectivity index (χ1n) is 6.05. The largest absolute Gasteiger partial charge is 0.468 e. The molecule has 0 aliphatic heterocycles. The highest BCUT2D eigenvalue weighted by molar-refractivity contribution is 5.75. The highest BCUT2D eigenvalue weighted by Crippen LogP contribution is 2.05. The van der Waals surface area contributed by atoms with E-state index in [-0.39, 0.29) is 17.9 Å². The van der Waals surface area contributed by atoms with Crippen molar-refractivity contribution < 1.29 is 9.53 Å². The first-order valence-corrected chi connectivity index (χ1v) is 6.05. The molecule has 0 aromatic heterocycles. The van der Waals surface area contributed by atoms with Gasteiger partial charge in [0.1, 0.15) is 6.04 Å². The van der Waals surface area contributed by atoms with Crippen LogP contribution in [-0.2, 0) is 9.53 Å². The van der Waals surface area contributed by atoms with Gasteiger partial charge in [0, 0.05) is 0 Å². The average molecular weight is 227 g/mol. The first-order chi connectivity index (χ1) is 7.63. The standard InChI is InChI=1S/C13H25NO2/c1-5-6-7-8-9-10-14-12(11(2)3)13(15)16-4/h5,11-12,14H,1,6-10H2,2-4H3/t12-/m0/s1. The van der Waals surface area contributed by atoms with E-state index in [1.165, 1.54) is 20.0 Å². The Morgan fingerprint density at radius 2 is 2.06 bits per heavy atom. The number of hydrogen-bond donors (Lipinski definition) is 1. The molecule has 0 aliphatic carbocycles. The average Bonchev–Trinajstić information content (AvgIpc) is 2.26. The zero-order valence-electron chi connectivity index (χ0n) is 10.8. The summed E-state index contributed by atoms with van der Waals surface area (Å²) in [6.07, 6.45) is 6.46. The summed E-state index contributed by atoms with van der Waals surface area (Å²) >= 11 is 0. The van der Waals surface area contributed by atoms with Gasteiger partial charge in [0.15, 0.2) is 0 Å². The fourth-order valence-electron chi connectivity index (χ4n) is 1.57. The molecule has 16 heavy (non-hydrogen) atoms. The van der Waals surface area contributed by atoms with Crippen molar-refractivity contribution in [3.05, 3.63) is 12.7 Å². The minimum absolute atomic E-state index is 0.166. The second-order valence-corrected chi connectivity index (χ2v) is 4.34. The van der Waals surface area contributed by atoms with Crippen LogP contribution in [0, 0.1) is 5.92 Å². The molecule has 0 unspecified atom stereocenters. The number of unbranched alkanes of at least 4 members (excludes halogenated alkanes) is 3. The zero-order chi connectivity index (χ0) is 12.4. The Kier molecular flexibility index (Phi) is 8.91. The molecule has 0 saturated carbocycles. The smallest absolute Gasteiger partial charge is 0.323 e. The van der Waals surface area contributed by atoms with Crippen LogP contribution >= 0.6 is 0 Å². The van der Waals surface area contributed by atoms with Crippen LogP contribution < -0.4 is 5.32 Å². The van der Waals surface area contributed by atoms with Crippen LogP contribution in [0.3, 0.4) is 0 Å². The molecule has 0 spiro atoms. The Hall–Kier alpha value is -0.830. The maximum absolute atomic E-state index is 11.4. The Morgan fingerprint density at radius 1 is 1.38 bits per heavy atom. The molecule has 0 aromatic rings. The van der Waals surface area contributed by atoms with E-state index >= 15 is 0 Å². The lowest BCUT2D eigenvalue weighted by molar-refractivity contribution is -0.144. The molecule has 0 aromatic carbocycles. The SMILES string of the molecule is C=CCCCCCN[C@H](C(=O)OC)C(C)C. The minimum atomic E-state index is -0.176. The molecule has 0 radical (unpaired) electrons. The number of ether oxygens (including phenoxy) is 1. The summed E-state index contributed by atoms with van der Waals surface area (Å²) in [6.45, 7) is 8.60. The van der Waals surface area contributed by atoms with Crippen LogP contribution in [-0.4, -0.2) is 25.7 Å². The Labute approximate surface area is 99.3 Å². The van der Waals surface area contributed by atoms with Crippen molar-refractivity contribution in [1.29, 1.82) is 0 Å². The number of allylic oxidation sites excluding steroid dienone is 1. The Balaban J connectivity index is 3.69. The number of rotatable bonds is 9. The molecule has 94 valence electrons. The third-order valence-corrected chi connectivity index (χ3v) is 2.57. The van der Waals surface area contributed by atoms with Gasteiger partial charge in [-0.15, -0.1) is 6.58 Å². The third kappa shape index (κ3) is 6.62. The lowest BCUT2D eigenvalue weighted by Gasteiger charge is -2.19. The predicted octanol–water partition coefficient (Wildman–Crippen LogP) is 2.52. The molecule has 3 heteroatoms. The topological polar surface area (TPSA) is 38.3 Å². The summed E-state index contributed by atoms with van der Waals surface area (Å²) in [5.41, 5.74) is 0. The van der Waals surface area contributed by atoms with Gasteiger partial charge in [-0.2, -0.15) is 0 Å². The van der Waals surface area contributed by atoms with Crippen molar-refractivity contribution >= 4 is 5.97 Å². The van der Waals surface area contributed by atoms with E-state index in [1.807, 2.05) is 19.9 Å². The zero-order valence-corrected chi connectivity index (χ0v) is 10.8. The van der Waals surface area contributed by atoms with E-state index in [0.717, 1.165) is 19.4 Å². The van der Waals surface area contributed by atoms with Gasteiger partial charge in [-0.25, -0.2) is 0 Å². The van der Waals surface area contributed by atoms with E-state index < -0.39 is 0 Å². The number of carbonyl (C=O) groups excluding carboxylic acids is 1. The summed E-state index contributed by atoms with van der Waals surface area (Å²) in [4.78, 5) is 11.4. The molecular formula is C13H25NO2. The lowest BCUT2D eigenvalue weighted by Crippen LogP contribution is -2.42. The summed E-state index contributed by atoms with van der Waals surface area (Å²) in [6, 6.07) is -0.176. The van der Waals surface area contributed by atoms with Crippen LogP contribution in [0.1, 0.15) is 39.5 Å². The van der Waals surface area contributed by atoms with Crippen molar-refractivity contribution in [1.82, 2.24) is 5.32 Å². The number of nitrogens with one attached hydrogen (secondary N) is 1. The summed E-state index contributed by atoms with van der Waals surface area (Å²) in [7, 11) is 1.43. The third-order valence-electron chi connectivity index (χ3n) is 2.57. The van der Waals surface area contributed by atoms with E-state index in [2.05, 4.69) is 11.9 Å². The van der Waals surface area contributed by atoms with E-state index in [1.54, 1.807) is 0 Å². The molecule has 0 fully saturated rings. The summed E-state index contributed by atoms with van der Waals surface area (Å²) in [5.74, 6) is 0.0988. The number of hydrogen-bond acceptors (Lipinski definition) is 3. The van der Waals surface area contributed by atoms with Crippen molar-refractivity contribution in [2.24, 2.45) is 5.92 Å². The molecule has 1 atom stereocenters. The Bertz CT molecular complexity index is 202. The molecule has 0 rings (SSSR count). The monoisotopic (exact) mass is 227 g/mol. The maximum Gasteiger partial charge on any atom is 0.323 e. The molecule has 0 heterocycles. The normalized spacial score (nSPS) is 12.5. The predicted molar refractivity (Wildman–Crippen MR) is 67.3 cm³/mol. The van der Waals surface area contributed by atoms with Crippen molar-refractivity contribution in [3.63, 3.8) is 0 Å². The van der Waals surface area contributed by atoms with Crippen LogP contribution in [0.25, 0.3) is 0 Å². The molecular weight excluding hydrogens is 202 g/mol. The Morgan fingerprint density at radius 3 is 2.56 bits per heavy atom. The van der Waals surface area contributed by atoms with Gasteiger partial charge in [0.05, 0.1) is 7.11 Å². The van der Waals surface area contributed by atoms with Gasteiger partial charge in [0.2, 0.25) is 0 Å². The summed E-state index contributed by atoms with van der Waals surface area (Å²) in [5, 5.41) is 3.25. The molecule has 3 nitrogen and oxygen atoms in total. The van der Waals surface area contributed by atoms with E-state index in [9.17, 15) is 4.79 Å². The molecule has 0 saturated heterocycles. The van der Waals surface area contributed by atoms with Gasteiger partial charge < -0.3 is 10.1 Å². The highest BCUT2D eigenvalue weighted by atomic mass is 16.5.